The van der Waals surface area contributed by atoms with Crippen LogP contribution in [-0.2, 0) is 0 Å². The summed E-state index contributed by atoms with van der Waals surface area (Å²) in [5, 5.41) is 0. The van der Waals surface area contributed by atoms with E-state index < -0.39 is 0 Å². The quantitative estimate of drug-likeness (QED) is 0.719. The fraction of sp³-hybridized carbons (Fsp3) is 0.400. The third-order valence-corrected chi connectivity index (χ3v) is 6.74. The molecule has 2 aromatic rings. The molecule has 1 aliphatic heterocycles. The van der Waals surface area contributed by atoms with Gasteiger partial charge in [-0.15, -0.1) is 23.5 Å². The van der Waals surface area contributed by atoms with E-state index in [4.69, 9.17) is 0 Å². The summed E-state index contributed by atoms with van der Waals surface area (Å²) in [6, 6.07) is 22.6. The Balaban J connectivity index is 1.57. The molecule has 3 rings (SSSR count). The van der Waals surface area contributed by atoms with Crippen molar-refractivity contribution in [1.29, 1.82) is 0 Å². The van der Waals surface area contributed by atoms with Gasteiger partial charge in [-0.1, -0.05) is 60.7 Å². The van der Waals surface area contributed by atoms with Gasteiger partial charge in [0.2, 0.25) is 0 Å². The predicted molar refractivity (Wildman–Crippen MR) is 108 cm³/mol. The van der Waals surface area contributed by atoms with Crippen LogP contribution in [0.1, 0.15) is 37.1 Å². The minimum Gasteiger partial charge on any atom is -0.278 e. The molecule has 24 heavy (non-hydrogen) atoms. The molecule has 0 unspecified atom stereocenters. The molecule has 1 saturated heterocycles. The van der Waals surface area contributed by atoms with E-state index >= 15 is 0 Å². The summed E-state index contributed by atoms with van der Waals surface area (Å²) in [6.45, 7) is 4.64. The minimum absolute atomic E-state index is 0.476. The molecule has 2 nitrogen and oxygen atoms in total. The largest absolute Gasteiger partial charge is 0.278 e. The van der Waals surface area contributed by atoms with Gasteiger partial charge in [0.1, 0.15) is 0 Å². The van der Waals surface area contributed by atoms with Crippen molar-refractivity contribution in [3.8, 4) is 0 Å². The van der Waals surface area contributed by atoms with Crippen LogP contribution in [0.15, 0.2) is 60.7 Å². The zero-order valence-electron chi connectivity index (χ0n) is 14.5. The van der Waals surface area contributed by atoms with Crippen molar-refractivity contribution < 1.29 is 0 Å². The van der Waals surface area contributed by atoms with Gasteiger partial charge in [0, 0.05) is 35.6 Å². The molecule has 2 aromatic carbocycles. The molecule has 0 N–H and O–H groups in total. The number of hydrogen-bond donors (Lipinski definition) is 0. The van der Waals surface area contributed by atoms with E-state index in [1.807, 2.05) is 23.5 Å². The zero-order chi connectivity index (χ0) is 16.8. The Morgan fingerprint density at radius 1 is 0.625 bits per heavy atom. The third kappa shape index (κ3) is 4.57. The van der Waals surface area contributed by atoms with Gasteiger partial charge in [0.05, 0.1) is 0 Å². The number of hydrogen-bond acceptors (Lipinski definition) is 4. The fourth-order valence-corrected chi connectivity index (χ4v) is 5.55. The van der Waals surface area contributed by atoms with Gasteiger partial charge in [-0.3, -0.25) is 9.80 Å². The number of nitrogens with zero attached hydrogens (tertiary/aromatic N) is 2. The van der Waals surface area contributed by atoms with E-state index in [-0.39, 0.29) is 0 Å². The highest BCUT2D eigenvalue weighted by atomic mass is 32.2. The molecule has 0 aromatic heterocycles. The van der Waals surface area contributed by atoms with Gasteiger partial charge >= 0.3 is 0 Å². The lowest BCUT2D eigenvalue weighted by atomic mass is 10.1. The first-order valence-corrected chi connectivity index (χ1v) is 10.8. The average molecular weight is 359 g/mol. The maximum Gasteiger partial charge on any atom is 0.0471 e. The zero-order valence-corrected chi connectivity index (χ0v) is 16.1. The first-order chi connectivity index (χ1) is 11.8. The summed E-state index contributed by atoms with van der Waals surface area (Å²) in [4.78, 5) is 5.16. The maximum absolute atomic E-state index is 2.58. The van der Waals surface area contributed by atoms with Crippen molar-refractivity contribution in [1.82, 2.24) is 9.80 Å². The van der Waals surface area contributed by atoms with Gasteiger partial charge in [0.15, 0.2) is 0 Å². The summed E-state index contributed by atoms with van der Waals surface area (Å²) in [5.41, 5.74) is 2.82. The molecule has 0 spiro atoms. The van der Waals surface area contributed by atoms with E-state index in [9.17, 15) is 0 Å². The standard InChI is InChI=1S/C20H26N2S2/c1-17(19-9-5-3-6-10-19)21-13-23-15-22(16-24-14-21)18(2)20-11-7-4-8-12-20/h3-12,17-18H,13-16H2,1-2H3/t17-,18-/m1/s1. The van der Waals surface area contributed by atoms with Crippen molar-refractivity contribution in [3.05, 3.63) is 71.8 Å². The highest BCUT2D eigenvalue weighted by Gasteiger charge is 2.22. The lowest BCUT2D eigenvalue weighted by molar-refractivity contribution is 0.270. The predicted octanol–water partition coefficient (Wildman–Crippen LogP) is 5.42. The molecule has 0 amide bonds. The van der Waals surface area contributed by atoms with Crippen molar-refractivity contribution in [2.24, 2.45) is 0 Å². The van der Waals surface area contributed by atoms with E-state index in [0.29, 0.717) is 12.1 Å². The van der Waals surface area contributed by atoms with Gasteiger partial charge in [-0.25, -0.2) is 0 Å². The molecular weight excluding hydrogens is 332 g/mol. The third-order valence-electron chi connectivity index (χ3n) is 4.69. The second-order valence-electron chi connectivity index (χ2n) is 6.28. The summed E-state index contributed by atoms with van der Waals surface area (Å²) in [5.74, 6) is 4.34. The Labute approximate surface area is 154 Å². The van der Waals surface area contributed by atoms with Crippen LogP contribution in [0.25, 0.3) is 0 Å². The van der Waals surface area contributed by atoms with Crippen molar-refractivity contribution >= 4 is 23.5 Å². The SMILES string of the molecule is C[C@H](c1ccccc1)N1CSCN([C@H](C)c2ccccc2)CSC1. The first kappa shape index (κ1) is 17.9. The molecule has 2 atom stereocenters. The Bertz CT molecular complexity index is 542. The minimum atomic E-state index is 0.476. The second-order valence-corrected chi connectivity index (χ2v) is 8.12. The molecule has 1 heterocycles. The summed E-state index contributed by atoms with van der Waals surface area (Å²) in [7, 11) is 0. The van der Waals surface area contributed by atoms with Crippen LogP contribution < -0.4 is 0 Å². The molecule has 0 bridgehead atoms. The van der Waals surface area contributed by atoms with Gasteiger partial charge < -0.3 is 0 Å². The Hall–Kier alpha value is -0.940. The van der Waals surface area contributed by atoms with Crippen molar-refractivity contribution in [2.75, 3.05) is 23.5 Å². The van der Waals surface area contributed by atoms with Gasteiger partial charge in [-0.2, -0.15) is 0 Å². The molecule has 128 valence electrons. The highest BCUT2D eigenvalue weighted by Crippen LogP contribution is 2.30. The number of thioether (sulfide) groups is 2. The van der Waals surface area contributed by atoms with Crippen LogP contribution in [0.5, 0.6) is 0 Å². The van der Waals surface area contributed by atoms with Gasteiger partial charge in [0.25, 0.3) is 0 Å². The Morgan fingerprint density at radius 2 is 0.958 bits per heavy atom. The fourth-order valence-electron chi connectivity index (χ4n) is 2.96. The molecular formula is C20H26N2S2. The van der Waals surface area contributed by atoms with Crippen LogP contribution in [0, 0.1) is 0 Å². The highest BCUT2D eigenvalue weighted by molar-refractivity contribution is 8.00. The van der Waals surface area contributed by atoms with Crippen molar-refractivity contribution in [3.63, 3.8) is 0 Å². The molecule has 4 heteroatoms. The van der Waals surface area contributed by atoms with Crippen LogP contribution in [-0.4, -0.2) is 33.3 Å². The van der Waals surface area contributed by atoms with E-state index in [0.717, 1.165) is 23.5 Å². The normalized spacial score (nSPS) is 20.1. The monoisotopic (exact) mass is 358 g/mol. The molecule has 0 radical (unpaired) electrons. The molecule has 0 saturated carbocycles. The summed E-state index contributed by atoms with van der Waals surface area (Å²) in [6.07, 6.45) is 0. The Kier molecular flexibility index (Phi) is 6.67. The van der Waals surface area contributed by atoms with Crippen LogP contribution in [0.2, 0.25) is 0 Å². The summed E-state index contributed by atoms with van der Waals surface area (Å²) >= 11 is 4.06. The lowest BCUT2D eigenvalue weighted by Gasteiger charge is -2.35. The van der Waals surface area contributed by atoms with E-state index in [2.05, 4.69) is 84.3 Å². The summed E-state index contributed by atoms with van der Waals surface area (Å²) < 4.78 is 0. The van der Waals surface area contributed by atoms with E-state index in [1.54, 1.807) is 0 Å². The molecule has 0 aliphatic carbocycles. The smallest absolute Gasteiger partial charge is 0.0471 e. The lowest BCUT2D eigenvalue weighted by Crippen LogP contribution is -2.34. The Morgan fingerprint density at radius 3 is 1.29 bits per heavy atom. The van der Waals surface area contributed by atoms with Crippen LogP contribution >= 0.6 is 23.5 Å². The second kappa shape index (κ2) is 8.95. The van der Waals surface area contributed by atoms with Crippen LogP contribution in [0.4, 0.5) is 0 Å². The molecule has 1 fully saturated rings. The molecule has 1 aliphatic rings. The van der Waals surface area contributed by atoms with E-state index in [1.165, 1.54) is 11.1 Å². The topological polar surface area (TPSA) is 6.48 Å². The first-order valence-electron chi connectivity index (χ1n) is 8.49. The number of rotatable bonds is 4. The maximum atomic E-state index is 2.58. The number of benzene rings is 2. The average Bonchev–Trinajstić information content (AvgIpc) is 2.62. The van der Waals surface area contributed by atoms with Gasteiger partial charge in [-0.05, 0) is 25.0 Å². The van der Waals surface area contributed by atoms with Crippen molar-refractivity contribution in [2.45, 2.75) is 25.9 Å². The van der Waals surface area contributed by atoms with Crippen LogP contribution in [0.3, 0.4) is 0 Å².